The molecule has 0 aromatic heterocycles. The van der Waals surface area contributed by atoms with Crippen molar-refractivity contribution in [1.29, 1.82) is 0 Å². The second-order valence-corrected chi connectivity index (χ2v) is 7.29. The molecule has 1 aromatic rings. The molecule has 120 valence electrons. The van der Waals surface area contributed by atoms with Gasteiger partial charge in [-0.3, -0.25) is 4.57 Å². The second kappa shape index (κ2) is 10.2. The van der Waals surface area contributed by atoms with Crippen LogP contribution in [0.5, 0.6) is 0 Å². The molecule has 1 rings (SSSR count). The lowest BCUT2D eigenvalue weighted by molar-refractivity contribution is 0.219. The van der Waals surface area contributed by atoms with E-state index >= 15 is 0 Å². The predicted molar refractivity (Wildman–Crippen MR) is 88.9 cm³/mol. The van der Waals surface area contributed by atoms with Crippen LogP contribution in [0.15, 0.2) is 24.3 Å². The molecule has 0 saturated heterocycles. The van der Waals surface area contributed by atoms with Crippen LogP contribution in [0.25, 0.3) is 0 Å². The molecule has 21 heavy (non-hydrogen) atoms. The fraction of sp³-hybridized carbons (Fsp3) is 0.647. The lowest BCUT2D eigenvalue weighted by Crippen LogP contribution is -1.99. The molecule has 4 heteroatoms. The van der Waals surface area contributed by atoms with Gasteiger partial charge >= 0.3 is 7.60 Å². The highest BCUT2D eigenvalue weighted by atomic mass is 31.2. The first kappa shape index (κ1) is 18.4. The van der Waals surface area contributed by atoms with Crippen molar-refractivity contribution in [1.82, 2.24) is 0 Å². The van der Waals surface area contributed by atoms with Crippen molar-refractivity contribution >= 4 is 7.60 Å². The van der Waals surface area contributed by atoms with Crippen LogP contribution in [0.3, 0.4) is 0 Å². The van der Waals surface area contributed by atoms with Gasteiger partial charge in [-0.25, -0.2) is 0 Å². The Morgan fingerprint density at radius 3 is 1.95 bits per heavy atom. The van der Waals surface area contributed by atoms with Gasteiger partial charge in [0.2, 0.25) is 0 Å². The largest absolute Gasteiger partial charge is 0.335 e. The summed E-state index contributed by atoms with van der Waals surface area (Å²) in [6, 6.07) is 8.34. The minimum Gasteiger partial charge on any atom is -0.309 e. The van der Waals surface area contributed by atoms with Crippen LogP contribution >= 0.6 is 7.60 Å². The summed E-state index contributed by atoms with van der Waals surface area (Å²) in [5.74, 6) is 0. The third kappa shape index (κ3) is 7.26. The van der Waals surface area contributed by atoms with Gasteiger partial charge in [-0.2, -0.15) is 0 Å². The van der Waals surface area contributed by atoms with E-state index in [0.717, 1.165) is 12.0 Å². The molecule has 0 aliphatic heterocycles. The second-order valence-electron chi connectivity index (χ2n) is 5.23. The molecule has 0 aliphatic carbocycles. The van der Waals surface area contributed by atoms with E-state index in [2.05, 4.69) is 19.1 Å². The van der Waals surface area contributed by atoms with Crippen LogP contribution < -0.4 is 0 Å². The quantitative estimate of drug-likeness (QED) is 0.395. The zero-order valence-electron chi connectivity index (χ0n) is 13.6. The fourth-order valence-corrected chi connectivity index (χ4v) is 4.01. The van der Waals surface area contributed by atoms with Crippen LogP contribution in [0.4, 0.5) is 0 Å². The first-order valence-corrected chi connectivity index (χ1v) is 9.82. The summed E-state index contributed by atoms with van der Waals surface area (Å²) >= 11 is 0. The van der Waals surface area contributed by atoms with Crippen molar-refractivity contribution in [2.75, 3.05) is 13.2 Å². The van der Waals surface area contributed by atoms with Gasteiger partial charge in [-0.15, -0.1) is 0 Å². The van der Waals surface area contributed by atoms with E-state index in [4.69, 9.17) is 9.05 Å². The molecule has 0 fully saturated rings. The summed E-state index contributed by atoms with van der Waals surface area (Å²) in [4.78, 5) is 0. The summed E-state index contributed by atoms with van der Waals surface area (Å²) in [6.07, 6.45) is 6.58. The van der Waals surface area contributed by atoms with E-state index in [1.807, 2.05) is 26.0 Å². The third-order valence-corrected chi connectivity index (χ3v) is 5.43. The number of benzene rings is 1. The van der Waals surface area contributed by atoms with Crippen LogP contribution in [-0.2, 0) is 26.2 Å². The average Bonchev–Trinajstić information content (AvgIpc) is 2.46. The fourth-order valence-electron chi connectivity index (χ4n) is 2.31. The van der Waals surface area contributed by atoms with E-state index < -0.39 is 7.60 Å². The van der Waals surface area contributed by atoms with E-state index in [9.17, 15) is 4.57 Å². The topological polar surface area (TPSA) is 35.5 Å². The molecular weight excluding hydrogens is 283 g/mol. The monoisotopic (exact) mass is 312 g/mol. The molecule has 0 radical (unpaired) electrons. The summed E-state index contributed by atoms with van der Waals surface area (Å²) in [7, 11) is -2.99. The van der Waals surface area contributed by atoms with E-state index in [1.54, 1.807) is 0 Å². The minimum absolute atomic E-state index is 0.352. The van der Waals surface area contributed by atoms with Crippen molar-refractivity contribution in [2.45, 2.75) is 59.0 Å². The highest BCUT2D eigenvalue weighted by Crippen LogP contribution is 2.51. The van der Waals surface area contributed by atoms with Crippen molar-refractivity contribution in [3.8, 4) is 0 Å². The molecule has 0 amide bonds. The smallest absolute Gasteiger partial charge is 0.309 e. The lowest BCUT2D eigenvalue weighted by Gasteiger charge is -2.17. The van der Waals surface area contributed by atoms with Crippen molar-refractivity contribution in [2.24, 2.45) is 0 Å². The maximum absolute atomic E-state index is 12.5. The normalized spacial score (nSPS) is 11.8. The SMILES string of the molecule is CCCCCCc1ccc(CP(=O)(OCC)OCC)cc1. The van der Waals surface area contributed by atoms with E-state index in [1.165, 1.54) is 31.2 Å². The summed E-state index contributed by atoms with van der Waals surface area (Å²) < 4.78 is 23.1. The van der Waals surface area contributed by atoms with Gasteiger partial charge in [0.1, 0.15) is 0 Å². The van der Waals surface area contributed by atoms with Gasteiger partial charge in [0.15, 0.2) is 0 Å². The molecule has 0 spiro atoms. The Hall–Kier alpha value is -0.630. The standard InChI is InChI=1S/C17H29O3P/c1-4-7-8-9-10-16-11-13-17(14-12-16)15-21(18,19-5-2)20-6-3/h11-14H,4-10,15H2,1-3H3. The highest BCUT2D eigenvalue weighted by molar-refractivity contribution is 7.53. The Morgan fingerprint density at radius 1 is 0.857 bits per heavy atom. The molecule has 1 aromatic carbocycles. The maximum atomic E-state index is 12.5. The molecule has 0 atom stereocenters. The molecule has 0 aliphatic rings. The number of hydrogen-bond donors (Lipinski definition) is 0. The maximum Gasteiger partial charge on any atom is 0.335 e. The predicted octanol–water partition coefficient (Wildman–Crippen LogP) is 5.58. The summed E-state index contributed by atoms with van der Waals surface area (Å²) in [6.45, 7) is 6.72. The van der Waals surface area contributed by atoms with Gasteiger partial charge in [0.25, 0.3) is 0 Å². The average molecular weight is 312 g/mol. The Morgan fingerprint density at radius 2 is 1.43 bits per heavy atom. The number of aryl methyl sites for hydroxylation is 1. The lowest BCUT2D eigenvalue weighted by atomic mass is 10.1. The number of unbranched alkanes of at least 4 members (excludes halogenated alkanes) is 3. The molecule has 0 unspecified atom stereocenters. The van der Waals surface area contributed by atoms with Gasteiger partial charge in [0.05, 0.1) is 19.4 Å². The number of hydrogen-bond acceptors (Lipinski definition) is 3. The van der Waals surface area contributed by atoms with Gasteiger partial charge in [-0.1, -0.05) is 50.5 Å². The van der Waals surface area contributed by atoms with Crippen LogP contribution in [0, 0.1) is 0 Å². The number of rotatable bonds is 11. The van der Waals surface area contributed by atoms with Gasteiger partial charge in [-0.05, 0) is 37.8 Å². The van der Waals surface area contributed by atoms with E-state index in [-0.39, 0.29) is 0 Å². The van der Waals surface area contributed by atoms with Gasteiger partial charge in [0, 0.05) is 0 Å². The zero-order chi connectivity index (χ0) is 15.6. The van der Waals surface area contributed by atoms with Gasteiger partial charge < -0.3 is 9.05 Å². The molecular formula is C17H29O3P. The Kier molecular flexibility index (Phi) is 8.91. The summed E-state index contributed by atoms with van der Waals surface area (Å²) in [5.41, 5.74) is 2.36. The Labute approximate surface area is 129 Å². The summed E-state index contributed by atoms with van der Waals surface area (Å²) in [5, 5.41) is 0. The molecule has 0 N–H and O–H groups in total. The molecule has 0 saturated carbocycles. The van der Waals surface area contributed by atoms with Crippen LogP contribution in [0.1, 0.15) is 57.6 Å². The molecule has 0 heterocycles. The zero-order valence-corrected chi connectivity index (χ0v) is 14.5. The van der Waals surface area contributed by atoms with Crippen molar-refractivity contribution in [3.05, 3.63) is 35.4 Å². The Balaban J connectivity index is 2.54. The highest BCUT2D eigenvalue weighted by Gasteiger charge is 2.23. The first-order valence-electron chi connectivity index (χ1n) is 8.09. The molecule has 0 bridgehead atoms. The third-order valence-electron chi connectivity index (χ3n) is 3.37. The first-order chi connectivity index (χ1) is 10.1. The minimum atomic E-state index is -2.99. The Bertz CT molecular complexity index is 418. The van der Waals surface area contributed by atoms with Crippen LogP contribution in [0.2, 0.25) is 0 Å². The van der Waals surface area contributed by atoms with Crippen molar-refractivity contribution < 1.29 is 13.6 Å². The molecule has 3 nitrogen and oxygen atoms in total. The van der Waals surface area contributed by atoms with E-state index in [0.29, 0.717) is 19.4 Å². The van der Waals surface area contributed by atoms with Crippen LogP contribution in [-0.4, -0.2) is 13.2 Å². The van der Waals surface area contributed by atoms with Crippen molar-refractivity contribution in [3.63, 3.8) is 0 Å².